The predicted octanol–water partition coefficient (Wildman–Crippen LogP) is 6.24. The van der Waals surface area contributed by atoms with E-state index in [1.807, 2.05) is 49.4 Å². The van der Waals surface area contributed by atoms with E-state index in [-0.39, 0.29) is 11.2 Å². The molecule has 0 saturated carbocycles. The Balaban J connectivity index is 1.46. The summed E-state index contributed by atoms with van der Waals surface area (Å²) in [6.07, 6.45) is 2.54. The molecule has 1 aliphatic rings. The van der Waals surface area contributed by atoms with E-state index >= 15 is 0 Å². The third-order valence-electron chi connectivity index (χ3n) is 5.76. The molecule has 4 aromatic rings. The molecule has 1 aliphatic heterocycles. The van der Waals surface area contributed by atoms with Crippen LogP contribution in [0.15, 0.2) is 95.1 Å². The van der Waals surface area contributed by atoms with E-state index in [4.69, 9.17) is 0 Å². The second-order valence-electron chi connectivity index (χ2n) is 7.77. The van der Waals surface area contributed by atoms with Crippen molar-refractivity contribution in [2.45, 2.75) is 25.1 Å². The topological polar surface area (TPSA) is 45.0 Å². The Morgan fingerprint density at radius 2 is 1.53 bits per heavy atom. The van der Waals surface area contributed by atoms with Crippen LogP contribution in [0.2, 0.25) is 0 Å². The van der Waals surface area contributed by atoms with Gasteiger partial charge in [0.1, 0.15) is 0 Å². The summed E-state index contributed by atoms with van der Waals surface area (Å²) in [6.45, 7) is 2.53. The highest BCUT2D eigenvalue weighted by atomic mass is 32.2. The van der Waals surface area contributed by atoms with E-state index < -0.39 is 0 Å². The second kappa shape index (κ2) is 8.97. The van der Waals surface area contributed by atoms with E-state index in [1.54, 1.807) is 11.1 Å². The van der Waals surface area contributed by atoms with Gasteiger partial charge in [0.05, 0.1) is 18.0 Å². The summed E-state index contributed by atoms with van der Waals surface area (Å²) in [4.78, 5) is 14.8. The van der Waals surface area contributed by atoms with Crippen molar-refractivity contribution < 1.29 is 4.79 Å². The minimum Gasteiger partial charge on any atom is -0.284 e. The lowest BCUT2D eigenvalue weighted by Crippen LogP contribution is -2.31. The highest BCUT2D eigenvalue weighted by Crippen LogP contribution is 2.32. The Labute approximate surface area is 191 Å². The lowest BCUT2D eigenvalue weighted by molar-refractivity contribution is -0.126. The summed E-state index contributed by atoms with van der Waals surface area (Å²) in [5.41, 5.74) is 2.12. The van der Waals surface area contributed by atoms with Gasteiger partial charge in [-0.05, 0) is 33.5 Å². The van der Waals surface area contributed by atoms with Crippen LogP contribution in [0.1, 0.15) is 24.5 Å². The molecule has 1 unspecified atom stereocenters. The summed E-state index contributed by atoms with van der Waals surface area (Å²) >= 11 is 1.50. The molecule has 1 amide bonds. The van der Waals surface area contributed by atoms with Crippen molar-refractivity contribution in [2.75, 3.05) is 0 Å². The van der Waals surface area contributed by atoms with E-state index in [0.717, 1.165) is 33.7 Å². The number of fused-ring (bicyclic) bond motifs is 2. The van der Waals surface area contributed by atoms with Gasteiger partial charge in [0.25, 0.3) is 0 Å². The molecule has 0 bridgehead atoms. The lowest BCUT2D eigenvalue weighted by Gasteiger charge is -2.17. The lowest BCUT2D eigenvalue weighted by atomic mass is 10.0. The van der Waals surface area contributed by atoms with Crippen molar-refractivity contribution in [3.63, 3.8) is 0 Å². The van der Waals surface area contributed by atoms with Crippen LogP contribution in [0.4, 0.5) is 0 Å². The number of benzene rings is 4. The number of amidine groups is 1. The maximum absolute atomic E-state index is 13.1. The van der Waals surface area contributed by atoms with Gasteiger partial charge in [-0.3, -0.25) is 9.69 Å². The molecule has 5 heteroatoms. The minimum absolute atomic E-state index is 0.101. The van der Waals surface area contributed by atoms with Crippen LogP contribution in [-0.2, 0) is 11.3 Å². The summed E-state index contributed by atoms with van der Waals surface area (Å²) in [6, 6.07) is 28.8. The highest BCUT2D eigenvalue weighted by molar-refractivity contribution is 8.15. The van der Waals surface area contributed by atoms with E-state index in [2.05, 4.69) is 52.7 Å². The molecule has 1 saturated heterocycles. The van der Waals surface area contributed by atoms with Crippen LogP contribution in [0.5, 0.6) is 0 Å². The number of nitrogens with zero attached hydrogens (tertiary/aromatic N) is 3. The molecular formula is C27H23N3OS. The minimum atomic E-state index is -0.114. The maximum atomic E-state index is 13.1. The molecule has 0 aromatic heterocycles. The quantitative estimate of drug-likeness (QED) is 0.274. The average Bonchev–Trinajstić information content (AvgIpc) is 3.14. The first-order valence-corrected chi connectivity index (χ1v) is 11.7. The van der Waals surface area contributed by atoms with Crippen LogP contribution < -0.4 is 0 Å². The summed E-state index contributed by atoms with van der Waals surface area (Å²) in [7, 11) is 0. The fraction of sp³-hybridized carbons (Fsp3) is 0.148. The second-order valence-corrected chi connectivity index (χ2v) is 8.94. The molecule has 0 spiro atoms. The average molecular weight is 438 g/mol. The van der Waals surface area contributed by atoms with Crippen molar-refractivity contribution >= 4 is 50.6 Å². The van der Waals surface area contributed by atoms with E-state index in [9.17, 15) is 4.79 Å². The van der Waals surface area contributed by atoms with Crippen molar-refractivity contribution in [1.82, 2.24) is 4.90 Å². The monoisotopic (exact) mass is 437 g/mol. The fourth-order valence-corrected chi connectivity index (χ4v) is 5.12. The maximum Gasteiger partial charge on any atom is 0.242 e. The number of carbonyl (C=O) groups excluding carboxylic acids is 1. The normalized spacial score (nSPS) is 17.9. The molecule has 1 atom stereocenters. The number of amides is 1. The smallest absolute Gasteiger partial charge is 0.242 e. The predicted molar refractivity (Wildman–Crippen MR) is 135 cm³/mol. The molecule has 4 nitrogen and oxygen atoms in total. The molecule has 4 aromatic carbocycles. The Morgan fingerprint density at radius 3 is 2.31 bits per heavy atom. The molecule has 0 N–H and O–H groups in total. The number of rotatable bonds is 5. The summed E-state index contributed by atoms with van der Waals surface area (Å²) in [5, 5.41) is 14.0. The van der Waals surface area contributed by atoms with Crippen LogP contribution in [0, 0.1) is 0 Å². The SMILES string of the molecule is CCC1S/C(=N\N=C\c2cccc3ccccc23)N(Cc2cccc3ccccc23)C1=O. The first kappa shape index (κ1) is 20.5. The van der Waals surface area contributed by atoms with Crippen LogP contribution >= 0.6 is 11.8 Å². The van der Waals surface area contributed by atoms with Crippen LogP contribution in [-0.4, -0.2) is 27.4 Å². The zero-order valence-corrected chi connectivity index (χ0v) is 18.6. The van der Waals surface area contributed by atoms with Gasteiger partial charge in [0, 0.05) is 5.56 Å². The zero-order chi connectivity index (χ0) is 21.9. The van der Waals surface area contributed by atoms with E-state index in [1.165, 1.54) is 17.1 Å². The molecule has 1 fully saturated rings. The first-order chi connectivity index (χ1) is 15.7. The third-order valence-corrected chi connectivity index (χ3v) is 7.10. The Bertz CT molecular complexity index is 1350. The van der Waals surface area contributed by atoms with Crippen molar-refractivity contribution in [1.29, 1.82) is 0 Å². The number of hydrogen-bond donors (Lipinski definition) is 0. The van der Waals surface area contributed by atoms with Crippen molar-refractivity contribution in [3.05, 3.63) is 96.1 Å². The van der Waals surface area contributed by atoms with Gasteiger partial charge in [0.2, 0.25) is 5.91 Å². The Morgan fingerprint density at radius 1 is 0.875 bits per heavy atom. The Kier molecular flexibility index (Phi) is 5.73. The number of carbonyl (C=O) groups is 1. The van der Waals surface area contributed by atoms with Crippen molar-refractivity contribution in [3.8, 4) is 0 Å². The van der Waals surface area contributed by atoms with Gasteiger partial charge >= 0.3 is 0 Å². The number of hydrogen-bond acceptors (Lipinski definition) is 4. The largest absolute Gasteiger partial charge is 0.284 e. The Hall–Kier alpha value is -3.44. The fourth-order valence-electron chi connectivity index (χ4n) is 4.09. The van der Waals surface area contributed by atoms with Gasteiger partial charge in [-0.2, -0.15) is 5.10 Å². The highest BCUT2D eigenvalue weighted by Gasteiger charge is 2.37. The first-order valence-electron chi connectivity index (χ1n) is 10.8. The van der Waals surface area contributed by atoms with Crippen LogP contribution in [0.25, 0.3) is 21.5 Å². The molecule has 158 valence electrons. The summed E-state index contributed by atoms with van der Waals surface area (Å²) < 4.78 is 0. The van der Waals surface area contributed by atoms with Crippen molar-refractivity contribution in [2.24, 2.45) is 10.2 Å². The van der Waals surface area contributed by atoms with Crippen LogP contribution in [0.3, 0.4) is 0 Å². The molecule has 1 heterocycles. The van der Waals surface area contributed by atoms with Gasteiger partial charge in [-0.15, -0.1) is 5.10 Å². The van der Waals surface area contributed by atoms with Gasteiger partial charge in [-0.25, -0.2) is 0 Å². The molecular weight excluding hydrogens is 414 g/mol. The zero-order valence-electron chi connectivity index (χ0n) is 17.8. The third kappa shape index (κ3) is 3.92. The number of thioether (sulfide) groups is 1. The molecule has 0 aliphatic carbocycles. The van der Waals surface area contributed by atoms with Gasteiger partial charge in [0.15, 0.2) is 5.17 Å². The molecule has 0 radical (unpaired) electrons. The molecule has 32 heavy (non-hydrogen) atoms. The summed E-state index contributed by atoms with van der Waals surface area (Å²) in [5.74, 6) is 0.101. The van der Waals surface area contributed by atoms with Gasteiger partial charge in [-0.1, -0.05) is 104 Å². The van der Waals surface area contributed by atoms with E-state index in [0.29, 0.717) is 11.7 Å². The molecule has 5 rings (SSSR count). The van der Waals surface area contributed by atoms with Gasteiger partial charge < -0.3 is 0 Å². The standard InChI is InChI=1S/C27H23N3OS/c1-2-25-26(31)30(18-22-14-8-12-20-10-4-6-16-24(20)22)27(32-25)29-28-17-21-13-7-11-19-9-3-5-15-23(19)21/h3-17,25H,2,18H2,1H3/b28-17+,29-27-.